The number of fused-ring (bicyclic) bond motifs is 1. The van der Waals surface area contributed by atoms with Crippen molar-refractivity contribution in [3.63, 3.8) is 0 Å². The summed E-state index contributed by atoms with van der Waals surface area (Å²) in [6, 6.07) is 15.7. The maximum absolute atomic E-state index is 13.1. The second-order valence-corrected chi connectivity index (χ2v) is 7.68. The quantitative estimate of drug-likeness (QED) is 0.542. The van der Waals surface area contributed by atoms with Crippen LogP contribution in [0, 0.1) is 0 Å². The molecule has 5 heteroatoms. The van der Waals surface area contributed by atoms with E-state index >= 15 is 0 Å². The first kappa shape index (κ1) is 20.4. The number of para-hydroxylation sites is 2. The summed E-state index contributed by atoms with van der Waals surface area (Å²) in [6.07, 6.45) is 3.17. The van der Waals surface area contributed by atoms with Crippen LogP contribution in [0.4, 0.5) is 0 Å². The number of imidazole rings is 1. The van der Waals surface area contributed by atoms with Crippen molar-refractivity contribution >= 4 is 28.5 Å². The highest BCUT2D eigenvalue weighted by Crippen LogP contribution is 2.28. The monoisotopic (exact) mass is 397 g/mol. The molecule has 1 N–H and O–H groups in total. The van der Waals surface area contributed by atoms with Crippen molar-refractivity contribution in [2.24, 2.45) is 0 Å². The van der Waals surface area contributed by atoms with Crippen LogP contribution in [0.1, 0.15) is 57.5 Å². The summed E-state index contributed by atoms with van der Waals surface area (Å²) in [5, 5.41) is 3.88. The number of nitrogens with zero attached hydrogens (tertiary/aromatic N) is 2. The Bertz CT molecular complexity index is 950. The number of benzene rings is 2. The molecule has 0 saturated carbocycles. The number of amides is 1. The van der Waals surface area contributed by atoms with Crippen molar-refractivity contribution in [2.45, 2.75) is 58.5 Å². The van der Waals surface area contributed by atoms with Gasteiger partial charge in [0.2, 0.25) is 5.91 Å². The Hall–Kier alpha value is -2.33. The van der Waals surface area contributed by atoms with Gasteiger partial charge < -0.3 is 9.88 Å². The number of aromatic nitrogens is 2. The zero-order chi connectivity index (χ0) is 20.1. The maximum Gasteiger partial charge on any atom is 0.243 e. The predicted octanol–water partition coefficient (Wildman–Crippen LogP) is 5.54. The molecule has 0 aliphatic heterocycles. The molecule has 3 aromatic rings. The second-order valence-electron chi connectivity index (χ2n) is 7.28. The van der Waals surface area contributed by atoms with Crippen LogP contribution in [0.3, 0.4) is 0 Å². The van der Waals surface area contributed by atoms with Gasteiger partial charge in [-0.2, -0.15) is 0 Å². The third-order valence-electron chi connectivity index (χ3n) is 5.15. The molecular formula is C23H28ClN3O. The van der Waals surface area contributed by atoms with Gasteiger partial charge in [-0.3, -0.25) is 4.79 Å². The minimum absolute atomic E-state index is 0.0553. The first-order valence-electron chi connectivity index (χ1n) is 10.0. The third kappa shape index (κ3) is 4.39. The molecule has 0 radical (unpaired) electrons. The number of rotatable bonds is 8. The molecular weight excluding hydrogens is 370 g/mol. The van der Waals surface area contributed by atoms with Gasteiger partial charge in [0.05, 0.1) is 11.0 Å². The van der Waals surface area contributed by atoms with E-state index in [1.165, 1.54) is 0 Å². The van der Waals surface area contributed by atoms with Crippen molar-refractivity contribution in [2.75, 3.05) is 0 Å². The van der Waals surface area contributed by atoms with E-state index in [-0.39, 0.29) is 18.0 Å². The summed E-state index contributed by atoms with van der Waals surface area (Å²) in [5.74, 6) is 0.923. The minimum atomic E-state index is -0.288. The van der Waals surface area contributed by atoms with Crippen LogP contribution in [0.2, 0.25) is 5.02 Å². The Labute approximate surface area is 171 Å². The van der Waals surface area contributed by atoms with E-state index in [4.69, 9.17) is 16.6 Å². The lowest BCUT2D eigenvalue weighted by atomic mass is 10.1. The lowest BCUT2D eigenvalue weighted by molar-refractivity contribution is -0.125. The highest BCUT2D eigenvalue weighted by atomic mass is 35.5. The molecule has 2 atom stereocenters. The highest BCUT2D eigenvalue weighted by Gasteiger charge is 2.26. The first-order chi connectivity index (χ1) is 13.5. The zero-order valence-corrected chi connectivity index (χ0v) is 17.5. The average Bonchev–Trinajstić information content (AvgIpc) is 3.05. The van der Waals surface area contributed by atoms with Crippen LogP contribution in [0.15, 0.2) is 48.5 Å². The number of halogens is 1. The standard InChI is InChI=1S/C23H28ClN3O/c1-4-10-21(23(28)25-16(3)5-2)27-20-14-9-8-13-19(20)26-22(27)15-17-11-6-7-12-18(17)24/h6-9,11-14,16,21H,4-5,10,15H2,1-3H3,(H,25,28). The number of hydrogen-bond acceptors (Lipinski definition) is 2. The van der Waals surface area contributed by atoms with Gasteiger partial charge in [-0.05, 0) is 43.5 Å². The molecule has 0 spiro atoms. The zero-order valence-electron chi connectivity index (χ0n) is 16.8. The summed E-state index contributed by atoms with van der Waals surface area (Å²) in [7, 11) is 0. The van der Waals surface area contributed by atoms with E-state index in [0.29, 0.717) is 6.42 Å². The maximum atomic E-state index is 13.1. The van der Waals surface area contributed by atoms with Gasteiger partial charge in [-0.15, -0.1) is 0 Å². The van der Waals surface area contributed by atoms with Crippen molar-refractivity contribution in [3.8, 4) is 0 Å². The van der Waals surface area contributed by atoms with E-state index < -0.39 is 0 Å². The Morgan fingerprint density at radius 1 is 1.14 bits per heavy atom. The van der Waals surface area contributed by atoms with E-state index in [1.807, 2.05) is 55.5 Å². The fourth-order valence-electron chi connectivity index (χ4n) is 3.47. The molecule has 4 nitrogen and oxygen atoms in total. The normalized spacial score (nSPS) is 13.4. The van der Waals surface area contributed by atoms with E-state index in [9.17, 15) is 4.79 Å². The number of hydrogen-bond donors (Lipinski definition) is 1. The third-order valence-corrected chi connectivity index (χ3v) is 5.52. The molecule has 0 aliphatic carbocycles. The van der Waals surface area contributed by atoms with Gasteiger partial charge in [0.25, 0.3) is 0 Å². The van der Waals surface area contributed by atoms with Gasteiger partial charge in [0.15, 0.2) is 0 Å². The summed E-state index contributed by atoms with van der Waals surface area (Å²) < 4.78 is 2.11. The second kappa shape index (κ2) is 9.24. The molecule has 148 valence electrons. The van der Waals surface area contributed by atoms with Crippen molar-refractivity contribution < 1.29 is 4.79 Å². The van der Waals surface area contributed by atoms with Crippen molar-refractivity contribution in [1.29, 1.82) is 0 Å². The van der Waals surface area contributed by atoms with Crippen LogP contribution in [0.5, 0.6) is 0 Å². The molecule has 0 aliphatic rings. The number of carbonyl (C=O) groups excluding carboxylic acids is 1. The van der Waals surface area contributed by atoms with Crippen LogP contribution in [-0.2, 0) is 11.2 Å². The topological polar surface area (TPSA) is 46.9 Å². The Kier molecular flexibility index (Phi) is 6.74. The summed E-state index contributed by atoms with van der Waals surface area (Å²) in [5.41, 5.74) is 2.91. The molecule has 1 amide bonds. The highest BCUT2D eigenvalue weighted by molar-refractivity contribution is 6.31. The lowest BCUT2D eigenvalue weighted by Crippen LogP contribution is -2.38. The van der Waals surface area contributed by atoms with Crippen LogP contribution < -0.4 is 5.32 Å². The molecule has 2 aromatic carbocycles. The average molecular weight is 398 g/mol. The largest absolute Gasteiger partial charge is 0.352 e. The van der Waals surface area contributed by atoms with Gasteiger partial charge in [0, 0.05) is 17.5 Å². The molecule has 0 bridgehead atoms. The molecule has 2 unspecified atom stereocenters. The van der Waals surface area contributed by atoms with E-state index in [2.05, 4.69) is 23.7 Å². The lowest BCUT2D eigenvalue weighted by Gasteiger charge is -2.23. The first-order valence-corrected chi connectivity index (χ1v) is 10.4. The number of carbonyl (C=O) groups is 1. The van der Waals surface area contributed by atoms with Crippen LogP contribution in [-0.4, -0.2) is 21.5 Å². The fraction of sp³-hybridized carbons (Fsp3) is 0.391. The van der Waals surface area contributed by atoms with Gasteiger partial charge in [0.1, 0.15) is 11.9 Å². The summed E-state index contributed by atoms with van der Waals surface area (Å²) in [4.78, 5) is 18.0. The van der Waals surface area contributed by atoms with Crippen molar-refractivity contribution in [3.05, 3.63) is 64.9 Å². The molecule has 0 saturated heterocycles. The number of nitrogens with one attached hydrogen (secondary N) is 1. The Morgan fingerprint density at radius 3 is 2.57 bits per heavy atom. The summed E-state index contributed by atoms with van der Waals surface area (Å²) in [6.45, 7) is 6.23. The van der Waals surface area contributed by atoms with Gasteiger partial charge in [-0.25, -0.2) is 4.98 Å². The van der Waals surface area contributed by atoms with Gasteiger partial charge >= 0.3 is 0 Å². The Balaban J connectivity index is 2.08. The van der Waals surface area contributed by atoms with Crippen LogP contribution >= 0.6 is 11.6 Å². The smallest absolute Gasteiger partial charge is 0.243 e. The molecule has 28 heavy (non-hydrogen) atoms. The molecule has 0 fully saturated rings. The minimum Gasteiger partial charge on any atom is -0.352 e. The summed E-state index contributed by atoms with van der Waals surface area (Å²) >= 11 is 6.40. The Morgan fingerprint density at radius 2 is 1.86 bits per heavy atom. The molecule has 1 aromatic heterocycles. The van der Waals surface area contributed by atoms with Crippen molar-refractivity contribution in [1.82, 2.24) is 14.9 Å². The van der Waals surface area contributed by atoms with E-state index in [1.54, 1.807) is 0 Å². The van der Waals surface area contributed by atoms with E-state index in [0.717, 1.165) is 46.7 Å². The SMILES string of the molecule is CCCC(C(=O)NC(C)CC)n1c(Cc2ccccc2Cl)nc2ccccc21. The predicted molar refractivity (Wildman–Crippen MR) is 116 cm³/mol. The fourth-order valence-corrected chi connectivity index (χ4v) is 3.67. The van der Waals surface area contributed by atoms with Crippen LogP contribution in [0.25, 0.3) is 11.0 Å². The molecule has 3 rings (SSSR count). The molecule has 1 heterocycles. The van der Waals surface area contributed by atoms with Gasteiger partial charge in [-0.1, -0.05) is 62.2 Å².